The molecule has 2 aromatic rings. The number of hydrogen-bond donors (Lipinski definition) is 1. The highest BCUT2D eigenvalue weighted by Gasteiger charge is 2.18. The summed E-state index contributed by atoms with van der Waals surface area (Å²) in [5, 5.41) is 0. The first-order chi connectivity index (χ1) is 8.41. The van der Waals surface area contributed by atoms with Gasteiger partial charge in [-0.25, -0.2) is 0 Å². The van der Waals surface area contributed by atoms with E-state index in [-0.39, 0.29) is 5.78 Å². The van der Waals surface area contributed by atoms with E-state index in [1.807, 2.05) is 52.8 Å². The molecule has 18 heavy (non-hydrogen) atoms. The third-order valence-electron chi connectivity index (χ3n) is 3.68. The van der Waals surface area contributed by atoms with Gasteiger partial charge in [0.1, 0.15) is 0 Å². The van der Waals surface area contributed by atoms with E-state index in [2.05, 4.69) is 4.98 Å². The van der Waals surface area contributed by atoms with Gasteiger partial charge in [-0.2, -0.15) is 0 Å². The lowest BCUT2D eigenvalue weighted by molar-refractivity contribution is 0.103. The van der Waals surface area contributed by atoms with Gasteiger partial charge in [-0.3, -0.25) is 4.79 Å². The number of nitrogens with one attached hydrogen (secondary N) is 1. The van der Waals surface area contributed by atoms with Gasteiger partial charge in [0.15, 0.2) is 0 Å². The number of aryl methyl sites for hydroxylation is 3. The summed E-state index contributed by atoms with van der Waals surface area (Å²) in [6, 6.07) is 5.99. The molecule has 2 rings (SSSR count). The number of aromatic amines is 1. The van der Waals surface area contributed by atoms with Crippen LogP contribution in [-0.2, 0) is 0 Å². The molecule has 0 fully saturated rings. The maximum absolute atomic E-state index is 12.6. The van der Waals surface area contributed by atoms with E-state index in [0.29, 0.717) is 0 Å². The molecule has 1 aromatic heterocycles. The van der Waals surface area contributed by atoms with E-state index in [0.717, 1.165) is 33.6 Å². The largest absolute Gasteiger partial charge is 0.356 e. The van der Waals surface area contributed by atoms with Gasteiger partial charge in [-0.15, -0.1) is 0 Å². The summed E-state index contributed by atoms with van der Waals surface area (Å²) in [7, 11) is 0. The van der Waals surface area contributed by atoms with Gasteiger partial charge >= 0.3 is 0 Å². The number of carbonyl (C=O) groups is 1. The Balaban J connectivity index is 2.54. The van der Waals surface area contributed by atoms with Crippen molar-refractivity contribution in [2.24, 2.45) is 0 Å². The lowest BCUT2D eigenvalue weighted by Crippen LogP contribution is -2.06. The first-order valence-electron chi connectivity index (χ1n) is 6.19. The van der Waals surface area contributed by atoms with Crippen LogP contribution >= 0.6 is 0 Å². The van der Waals surface area contributed by atoms with E-state index in [1.165, 1.54) is 5.56 Å². The zero-order valence-electron chi connectivity index (χ0n) is 11.6. The minimum absolute atomic E-state index is 0.0879. The van der Waals surface area contributed by atoms with Crippen molar-refractivity contribution in [2.75, 3.05) is 0 Å². The Labute approximate surface area is 108 Å². The number of rotatable bonds is 2. The molecule has 94 valence electrons. The third kappa shape index (κ3) is 1.99. The predicted molar refractivity (Wildman–Crippen MR) is 74.4 cm³/mol. The number of hydrogen-bond acceptors (Lipinski definition) is 1. The molecule has 0 atom stereocenters. The Hall–Kier alpha value is -1.83. The first-order valence-corrected chi connectivity index (χ1v) is 6.19. The highest BCUT2D eigenvalue weighted by atomic mass is 16.1. The first kappa shape index (κ1) is 12.6. The average Bonchev–Trinajstić information content (AvgIpc) is 2.59. The molecule has 0 aliphatic carbocycles. The Morgan fingerprint density at radius 1 is 1.00 bits per heavy atom. The van der Waals surface area contributed by atoms with Gasteiger partial charge in [-0.1, -0.05) is 17.7 Å². The van der Waals surface area contributed by atoms with Gasteiger partial charge in [-0.05, 0) is 57.4 Å². The summed E-state index contributed by atoms with van der Waals surface area (Å²) in [4.78, 5) is 15.8. The Morgan fingerprint density at radius 3 is 2.22 bits per heavy atom. The van der Waals surface area contributed by atoms with Gasteiger partial charge in [0.2, 0.25) is 5.78 Å². The lowest BCUT2D eigenvalue weighted by Gasteiger charge is -2.06. The molecule has 0 bridgehead atoms. The minimum atomic E-state index is 0.0879. The summed E-state index contributed by atoms with van der Waals surface area (Å²) in [5.74, 6) is 0.0879. The van der Waals surface area contributed by atoms with Crippen molar-refractivity contribution in [1.82, 2.24) is 4.98 Å². The van der Waals surface area contributed by atoms with E-state index >= 15 is 0 Å². The third-order valence-corrected chi connectivity index (χ3v) is 3.68. The van der Waals surface area contributed by atoms with Gasteiger partial charge in [0.25, 0.3) is 0 Å². The van der Waals surface area contributed by atoms with Crippen LogP contribution in [0.3, 0.4) is 0 Å². The van der Waals surface area contributed by atoms with Crippen molar-refractivity contribution in [3.63, 3.8) is 0 Å². The van der Waals surface area contributed by atoms with Crippen LogP contribution in [0, 0.1) is 34.6 Å². The minimum Gasteiger partial charge on any atom is -0.356 e. The molecule has 0 amide bonds. The molecule has 0 unspecified atom stereocenters. The van der Waals surface area contributed by atoms with E-state index in [9.17, 15) is 4.79 Å². The van der Waals surface area contributed by atoms with Gasteiger partial charge in [0, 0.05) is 11.3 Å². The number of carbonyl (C=O) groups excluding carboxylic acids is 1. The number of aromatic nitrogens is 1. The zero-order chi connectivity index (χ0) is 13.4. The molecule has 0 saturated carbocycles. The fourth-order valence-corrected chi connectivity index (χ4v) is 2.19. The quantitative estimate of drug-likeness (QED) is 0.797. The van der Waals surface area contributed by atoms with Crippen LogP contribution in [0.15, 0.2) is 18.2 Å². The molecule has 0 radical (unpaired) electrons. The van der Waals surface area contributed by atoms with Crippen molar-refractivity contribution in [3.05, 3.63) is 57.4 Å². The highest BCUT2D eigenvalue weighted by molar-refractivity contribution is 6.10. The van der Waals surface area contributed by atoms with Crippen LogP contribution in [0.2, 0.25) is 0 Å². The Morgan fingerprint density at radius 2 is 1.67 bits per heavy atom. The van der Waals surface area contributed by atoms with Gasteiger partial charge < -0.3 is 4.98 Å². The maximum Gasteiger partial charge on any atom is 0.209 e. The van der Waals surface area contributed by atoms with Crippen LogP contribution in [0.25, 0.3) is 0 Å². The monoisotopic (exact) mass is 241 g/mol. The molecule has 1 heterocycles. The molecular formula is C16H19NO. The summed E-state index contributed by atoms with van der Waals surface area (Å²) >= 11 is 0. The molecule has 0 aliphatic heterocycles. The van der Waals surface area contributed by atoms with Crippen molar-refractivity contribution >= 4 is 5.78 Å². The predicted octanol–water partition coefficient (Wildman–Crippen LogP) is 3.79. The van der Waals surface area contributed by atoms with Crippen LogP contribution < -0.4 is 0 Å². The topological polar surface area (TPSA) is 32.9 Å². The molecule has 0 saturated heterocycles. The van der Waals surface area contributed by atoms with E-state index in [1.54, 1.807) is 0 Å². The second-order valence-electron chi connectivity index (χ2n) is 5.02. The van der Waals surface area contributed by atoms with E-state index in [4.69, 9.17) is 0 Å². The molecule has 0 spiro atoms. The second kappa shape index (κ2) is 4.45. The average molecular weight is 241 g/mol. The Kier molecular flexibility index (Phi) is 3.12. The number of ketones is 1. The van der Waals surface area contributed by atoms with Crippen LogP contribution in [0.1, 0.15) is 44.0 Å². The molecule has 1 aromatic carbocycles. The van der Waals surface area contributed by atoms with Crippen LogP contribution in [0.4, 0.5) is 0 Å². The fraction of sp³-hybridized carbons (Fsp3) is 0.312. The molecule has 2 heteroatoms. The van der Waals surface area contributed by atoms with Crippen LogP contribution in [0.5, 0.6) is 0 Å². The molecule has 0 aliphatic rings. The SMILES string of the molecule is Cc1ccc(C)c(C(=O)c2[nH]c(C)c(C)c2C)c1. The van der Waals surface area contributed by atoms with Crippen molar-refractivity contribution < 1.29 is 4.79 Å². The van der Waals surface area contributed by atoms with Crippen molar-refractivity contribution in [3.8, 4) is 0 Å². The smallest absolute Gasteiger partial charge is 0.209 e. The van der Waals surface area contributed by atoms with Gasteiger partial charge in [0.05, 0.1) is 5.69 Å². The zero-order valence-corrected chi connectivity index (χ0v) is 11.6. The normalized spacial score (nSPS) is 10.7. The standard InChI is InChI=1S/C16H19NO/c1-9-6-7-10(2)14(8-9)16(18)15-12(4)11(3)13(5)17-15/h6-8,17H,1-5H3. The molecular weight excluding hydrogens is 222 g/mol. The summed E-state index contributed by atoms with van der Waals surface area (Å²) in [6.45, 7) is 10.0. The number of benzene rings is 1. The summed E-state index contributed by atoms with van der Waals surface area (Å²) in [5.41, 5.74) is 6.94. The van der Waals surface area contributed by atoms with Crippen molar-refractivity contribution in [1.29, 1.82) is 0 Å². The van der Waals surface area contributed by atoms with E-state index < -0.39 is 0 Å². The number of H-pyrrole nitrogens is 1. The Bertz CT molecular complexity index is 620. The highest BCUT2D eigenvalue weighted by Crippen LogP contribution is 2.21. The second-order valence-corrected chi connectivity index (χ2v) is 5.02. The van der Waals surface area contributed by atoms with Crippen molar-refractivity contribution in [2.45, 2.75) is 34.6 Å². The summed E-state index contributed by atoms with van der Waals surface area (Å²) in [6.07, 6.45) is 0. The lowest BCUT2D eigenvalue weighted by atomic mass is 9.98. The molecule has 2 nitrogen and oxygen atoms in total. The fourth-order valence-electron chi connectivity index (χ4n) is 2.19. The molecule has 1 N–H and O–H groups in total. The summed E-state index contributed by atoms with van der Waals surface area (Å²) < 4.78 is 0. The maximum atomic E-state index is 12.6. The van der Waals surface area contributed by atoms with Crippen LogP contribution in [-0.4, -0.2) is 10.8 Å².